The highest BCUT2D eigenvalue weighted by Gasteiger charge is 2.14. The van der Waals surface area contributed by atoms with Gasteiger partial charge in [-0.3, -0.25) is 0 Å². The number of ether oxygens (including phenoxy) is 1. The smallest absolute Gasteiger partial charge is 0.338 e. The minimum atomic E-state index is -0.376. The molecule has 1 aromatic carbocycles. The number of benzene rings is 1. The molecule has 2 atom stereocenters. The van der Waals surface area contributed by atoms with Crippen molar-refractivity contribution in [2.24, 2.45) is 0 Å². The Balaban J connectivity index is 2.44. The van der Waals surface area contributed by atoms with E-state index >= 15 is 0 Å². The molecule has 2 nitrogen and oxygen atoms in total. The molecule has 0 amide bonds. The summed E-state index contributed by atoms with van der Waals surface area (Å²) < 4.78 is 5.00. The zero-order chi connectivity index (χ0) is 11.3. The number of halogens is 2. The summed E-state index contributed by atoms with van der Waals surface area (Å²) in [6, 6.07) is 8.77. The SMILES string of the molecule is CC(Cl)C(Cl)COC(=O)c1ccccc1. The van der Waals surface area contributed by atoms with Gasteiger partial charge in [-0.05, 0) is 19.1 Å². The van der Waals surface area contributed by atoms with E-state index in [9.17, 15) is 4.79 Å². The van der Waals surface area contributed by atoms with E-state index in [1.165, 1.54) is 0 Å². The molecule has 0 radical (unpaired) electrons. The Hall–Kier alpha value is -0.730. The van der Waals surface area contributed by atoms with Crippen LogP contribution in [0.15, 0.2) is 30.3 Å². The highest BCUT2D eigenvalue weighted by molar-refractivity contribution is 6.29. The van der Waals surface area contributed by atoms with Crippen LogP contribution in [-0.2, 0) is 4.74 Å². The lowest BCUT2D eigenvalue weighted by molar-refractivity contribution is 0.0504. The maximum Gasteiger partial charge on any atom is 0.338 e. The van der Waals surface area contributed by atoms with Crippen molar-refractivity contribution in [3.05, 3.63) is 35.9 Å². The summed E-state index contributed by atoms with van der Waals surface area (Å²) in [4.78, 5) is 11.4. The van der Waals surface area contributed by atoms with Crippen LogP contribution >= 0.6 is 23.2 Å². The third-order valence-corrected chi connectivity index (χ3v) is 2.82. The maximum atomic E-state index is 11.4. The van der Waals surface area contributed by atoms with Crippen LogP contribution in [0.4, 0.5) is 0 Å². The first-order chi connectivity index (χ1) is 7.11. The van der Waals surface area contributed by atoms with E-state index < -0.39 is 0 Å². The van der Waals surface area contributed by atoms with Gasteiger partial charge in [-0.15, -0.1) is 23.2 Å². The molecule has 0 bridgehead atoms. The van der Waals surface area contributed by atoms with Crippen LogP contribution in [0.5, 0.6) is 0 Å². The zero-order valence-electron chi connectivity index (χ0n) is 8.32. The van der Waals surface area contributed by atoms with Crippen molar-refractivity contribution >= 4 is 29.2 Å². The van der Waals surface area contributed by atoms with Gasteiger partial charge >= 0.3 is 5.97 Å². The molecule has 1 aromatic rings. The van der Waals surface area contributed by atoms with Gasteiger partial charge in [0.05, 0.1) is 16.3 Å². The third kappa shape index (κ3) is 4.10. The minimum absolute atomic E-state index is 0.125. The lowest BCUT2D eigenvalue weighted by atomic mass is 10.2. The second kappa shape index (κ2) is 5.99. The Kier molecular flexibility index (Phi) is 4.92. The quantitative estimate of drug-likeness (QED) is 0.603. The Bertz CT molecular complexity index is 312. The largest absolute Gasteiger partial charge is 0.460 e. The molecule has 0 aliphatic carbocycles. The molecule has 0 heterocycles. The van der Waals surface area contributed by atoms with Crippen LogP contribution < -0.4 is 0 Å². The van der Waals surface area contributed by atoms with Gasteiger partial charge in [0.25, 0.3) is 0 Å². The van der Waals surface area contributed by atoms with E-state index in [0.29, 0.717) is 5.56 Å². The number of carbonyl (C=O) groups is 1. The molecule has 15 heavy (non-hydrogen) atoms. The summed E-state index contributed by atoms with van der Waals surface area (Å²) in [5.74, 6) is -0.376. The van der Waals surface area contributed by atoms with Crippen LogP contribution in [0.1, 0.15) is 17.3 Å². The van der Waals surface area contributed by atoms with Gasteiger partial charge in [-0.25, -0.2) is 4.79 Å². The monoisotopic (exact) mass is 246 g/mol. The Morgan fingerprint density at radius 2 is 1.93 bits per heavy atom. The van der Waals surface area contributed by atoms with Gasteiger partial charge in [0, 0.05) is 0 Å². The molecule has 0 aromatic heterocycles. The average molecular weight is 247 g/mol. The summed E-state index contributed by atoms with van der Waals surface area (Å²) in [6.45, 7) is 1.88. The lowest BCUT2D eigenvalue weighted by Crippen LogP contribution is -2.20. The highest BCUT2D eigenvalue weighted by atomic mass is 35.5. The van der Waals surface area contributed by atoms with E-state index in [1.54, 1.807) is 31.2 Å². The van der Waals surface area contributed by atoms with Gasteiger partial charge in [0.15, 0.2) is 0 Å². The van der Waals surface area contributed by atoms with Gasteiger partial charge in [-0.1, -0.05) is 18.2 Å². The predicted octanol–water partition coefficient (Wildman–Crippen LogP) is 3.08. The van der Waals surface area contributed by atoms with E-state index in [-0.39, 0.29) is 23.3 Å². The molecular formula is C11H12Cl2O2. The average Bonchev–Trinajstić information content (AvgIpc) is 2.26. The summed E-state index contributed by atoms with van der Waals surface area (Å²) >= 11 is 11.6. The zero-order valence-corrected chi connectivity index (χ0v) is 9.83. The van der Waals surface area contributed by atoms with Crippen molar-refractivity contribution in [2.75, 3.05) is 6.61 Å². The molecule has 0 aliphatic heterocycles. The van der Waals surface area contributed by atoms with Crippen LogP contribution in [0, 0.1) is 0 Å². The lowest BCUT2D eigenvalue weighted by Gasteiger charge is -2.11. The van der Waals surface area contributed by atoms with Crippen molar-refractivity contribution < 1.29 is 9.53 Å². The second-order valence-electron chi connectivity index (χ2n) is 3.16. The molecule has 0 saturated carbocycles. The molecule has 0 aliphatic rings. The van der Waals surface area contributed by atoms with E-state index in [4.69, 9.17) is 27.9 Å². The van der Waals surface area contributed by atoms with Crippen molar-refractivity contribution in [3.8, 4) is 0 Å². The first-order valence-corrected chi connectivity index (χ1v) is 5.49. The minimum Gasteiger partial charge on any atom is -0.460 e. The first-order valence-electron chi connectivity index (χ1n) is 4.61. The summed E-state index contributed by atoms with van der Waals surface area (Å²) in [6.07, 6.45) is 0. The standard InChI is InChI=1S/C11H12Cl2O2/c1-8(12)10(13)7-15-11(14)9-5-3-2-4-6-9/h2-6,8,10H,7H2,1H3. The molecule has 1 rings (SSSR count). The number of alkyl halides is 2. The Morgan fingerprint density at radius 1 is 1.33 bits per heavy atom. The fourth-order valence-corrected chi connectivity index (χ4v) is 1.08. The molecule has 0 N–H and O–H groups in total. The number of carbonyl (C=O) groups excluding carboxylic acids is 1. The predicted molar refractivity (Wildman–Crippen MR) is 61.7 cm³/mol. The molecule has 0 saturated heterocycles. The number of hydrogen-bond acceptors (Lipinski definition) is 2. The van der Waals surface area contributed by atoms with Gasteiger partial charge in [-0.2, -0.15) is 0 Å². The summed E-state index contributed by atoms with van der Waals surface area (Å²) in [5.41, 5.74) is 0.517. The normalized spacial score (nSPS) is 14.3. The Labute approximate surface area is 99.1 Å². The fraction of sp³-hybridized carbons (Fsp3) is 0.364. The van der Waals surface area contributed by atoms with E-state index in [2.05, 4.69) is 0 Å². The molecular weight excluding hydrogens is 235 g/mol. The van der Waals surface area contributed by atoms with Crippen LogP contribution in [0.25, 0.3) is 0 Å². The maximum absolute atomic E-state index is 11.4. The van der Waals surface area contributed by atoms with E-state index in [1.807, 2.05) is 6.07 Å². The summed E-state index contributed by atoms with van der Waals surface area (Å²) in [7, 11) is 0. The van der Waals surface area contributed by atoms with E-state index in [0.717, 1.165) is 0 Å². The molecule has 4 heteroatoms. The second-order valence-corrected chi connectivity index (χ2v) is 4.41. The first kappa shape index (κ1) is 12.3. The highest BCUT2D eigenvalue weighted by Crippen LogP contribution is 2.10. The van der Waals surface area contributed by atoms with Gasteiger partial charge < -0.3 is 4.74 Å². The molecule has 0 spiro atoms. The van der Waals surface area contributed by atoms with Crippen molar-refractivity contribution in [1.82, 2.24) is 0 Å². The van der Waals surface area contributed by atoms with Crippen molar-refractivity contribution in [1.29, 1.82) is 0 Å². The topological polar surface area (TPSA) is 26.3 Å². The number of rotatable bonds is 4. The van der Waals surface area contributed by atoms with Crippen LogP contribution in [-0.4, -0.2) is 23.3 Å². The molecule has 0 fully saturated rings. The Morgan fingerprint density at radius 3 is 2.47 bits per heavy atom. The van der Waals surface area contributed by atoms with Crippen molar-refractivity contribution in [3.63, 3.8) is 0 Å². The fourth-order valence-electron chi connectivity index (χ4n) is 0.945. The summed E-state index contributed by atoms with van der Waals surface area (Å²) in [5, 5.41) is -0.588. The third-order valence-electron chi connectivity index (χ3n) is 1.88. The number of esters is 1. The molecule has 82 valence electrons. The van der Waals surface area contributed by atoms with Crippen LogP contribution in [0.3, 0.4) is 0 Å². The van der Waals surface area contributed by atoms with Gasteiger partial charge in [0.2, 0.25) is 0 Å². The van der Waals surface area contributed by atoms with Crippen LogP contribution in [0.2, 0.25) is 0 Å². The van der Waals surface area contributed by atoms with Crippen molar-refractivity contribution in [2.45, 2.75) is 17.7 Å². The number of hydrogen-bond donors (Lipinski definition) is 0. The van der Waals surface area contributed by atoms with Gasteiger partial charge in [0.1, 0.15) is 6.61 Å². The molecule has 2 unspecified atom stereocenters.